The van der Waals surface area contributed by atoms with E-state index in [9.17, 15) is 22.8 Å². The van der Waals surface area contributed by atoms with Crippen LogP contribution in [0.25, 0.3) is 22.0 Å². The largest absolute Gasteiger partial charge is 0.408 e. The van der Waals surface area contributed by atoms with Gasteiger partial charge in [0.2, 0.25) is 5.82 Å². The number of H-pyrrole nitrogens is 1. The molecule has 1 aliphatic heterocycles. The van der Waals surface area contributed by atoms with Crippen molar-refractivity contribution in [2.75, 3.05) is 11.9 Å². The van der Waals surface area contributed by atoms with Gasteiger partial charge in [-0.25, -0.2) is 4.98 Å². The summed E-state index contributed by atoms with van der Waals surface area (Å²) in [4.78, 5) is 32.2. The highest BCUT2D eigenvalue weighted by atomic mass is 19.4. The lowest BCUT2D eigenvalue weighted by molar-refractivity contribution is -0.142. The number of carbonyl (C=O) groups is 2. The zero-order chi connectivity index (χ0) is 28.0. The van der Waals surface area contributed by atoms with E-state index in [1.807, 2.05) is 41.0 Å². The number of rotatable bonds is 6. The monoisotopic (exact) mass is 548 g/mol. The van der Waals surface area contributed by atoms with E-state index < -0.39 is 24.7 Å². The molecule has 0 radical (unpaired) electrons. The van der Waals surface area contributed by atoms with E-state index in [2.05, 4.69) is 25.6 Å². The van der Waals surface area contributed by atoms with E-state index in [4.69, 9.17) is 0 Å². The molecule has 0 saturated heterocycles. The van der Waals surface area contributed by atoms with Crippen LogP contribution in [0.5, 0.6) is 0 Å². The summed E-state index contributed by atoms with van der Waals surface area (Å²) in [5, 5.41) is 14.2. The Morgan fingerprint density at radius 2 is 1.93 bits per heavy atom. The molecule has 4 heterocycles. The third-order valence-corrected chi connectivity index (χ3v) is 6.79. The number of carbonyl (C=O) groups excluding carboxylic acids is 2. The number of likely N-dealkylation sites (N-methyl/N-ethyl adjacent to an activating group) is 1. The van der Waals surface area contributed by atoms with E-state index in [0.717, 1.165) is 21.1 Å². The Morgan fingerprint density at radius 1 is 1.12 bits per heavy atom. The molecule has 0 spiro atoms. The lowest BCUT2D eigenvalue weighted by atomic mass is 10.1. The van der Waals surface area contributed by atoms with Crippen molar-refractivity contribution in [2.45, 2.75) is 31.7 Å². The second-order valence-electron chi connectivity index (χ2n) is 9.60. The highest BCUT2D eigenvalue weighted by molar-refractivity contribution is 6.10. The summed E-state index contributed by atoms with van der Waals surface area (Å²) in [6.07, 6.45) is 0.555. The van der Waals surface area contributed by atoms with Gasteiger partial charge in [-0.05, 0) is 11.6 Å². The number of hydrogen-bond acceptors (Lipinski definition) is 5. The van der Waals surface area contributed by atoms with Gasteiger partial charge in [0.25, 0.3) is 11.8 Å². The van der Waals surface area contributed by atoms with Gasteiger partial charge in [0.05, 0.1) is 23.9 Å². The molecule has 2 aromatic carbocycles. The average molecular weight is 549 g/mol. The van der Waals surface area contributed by atoms with Crippen LogP contribution in [0.4, 0.5) is 18.9 Å². The highest BCUT2D eigenvalue weighted by Gasteiger charge is 2.33. The third-order valence-electron chi connectivity index (χ3n) is 6.79. The van der Waals surface area contributed by atoms with Gasteiger partial charge in [0.1, 0.15) is 18.4 Å². The Labute approximate surface area is 225 Å². The lowest BCUT2D eigenvalue weighted by Gasteiger charge is -2.21. The summed E-state index contributed by atoms with van der Waals surface area (Å²) >= 11 is 0. The van der Waals surface area contributed by atoms with E-state index >= 15 is 0 Å². The van der Waals surface area contributed by atoms with Crippen molar-refractivity contribution in [1.29, 1.82) is 0 Å². The number of anilines is 1. The van der Waals surface area contributed by atoms with Crippen LogP contribution >= 0.6 is 0 Å². The second kappa shape index (κ2) is 9.67. The van der Waals surface area contributed by atoms with E-state index in [1.165, 1.54) is 17.3 Å². The van der Waals surface area contributed by atoms with Crippen molar-refractivity contribution in [1.82, 2.24) is 34.8 Å². The van der Waals surface area contributed by atoms with Crippen molar-refractivity contribution in [3.05, 3.63) is 84.3 Å². The van der Waals surface area contributed by atoms with Gasteiger partial charge in [-0.3, -0.25) is 19.4 Å². The first-order chi connectivity index (χ1) is 19.2. The summed E-state index contributed by atoms with van der Waals surface area (Å²) in [5.74, 6) is -0.510. The van der Waals surface area contributed by atoms with Gasteiger partial charge in [-0.15, -0.1) is 5.10 Å². The van der Waals surface area contributed by atoms with Crippen LogP contribution in [-0.4, -0.2) is 60.6 Å². The average Bonchev–Trinajstić information content (AvgIpc) is 3.65. The Hall–Kier alpha value is -4.94. The minimum Gasteiger partial charge on any atom is -0.343 e. The summed E-state index contributed by atoms with van der Waals surface area (Å²) in [6.45, 7) is -1.10. The minimum atomic E-state index is -4.40. The van der Waals surface area contributed by atoms with Crippen molar-refractivity contribution >= 4 is 28.4 Å². The van der Waals surface area contributed by atoms with Crippen LogP contribution in [-0.2, 0) is 24.3 Å². The molecule has 40 heavy (non-hydrogen) atoms. The maximum absolute atomic E-state index is 13.4. The number of para-hydroxylation sites is 1. The van der Waals surface area contributed by atoms with Crippen LogP contribution in [0.15, 0.2) is 67.1 Å². The number of halogens is 3. The molecule has 2 amide bonds. The van der Waals surface area contributed by atoms with E-state index in [1.54, 1.807) is 25.4 Å². The molecule has 1 atom stereocenters. The van der Waals surface area contributed by atoms with Crippen LogP contribution in [0.2, 0.25) is 0 Å². The Morgan fingerprint density at radius 3 is 2.70 bits per heavy atom. The molecule has 3 aromatic heterocycles. The molecule has 204 valence electrons. The maximum Gasteiger partial charge on any atom is 0.408 e. The zero-order valence-electron chi connectivity index (χ0n) is 21.2. The number of nitrogens with one attached hydrogen (secondary N) is 2. The fourth-order valence-electron chi connectivity index (χ4n) is 4.98. The molecule has 10 nitrogen and oxygen atoms in total. The van der Waals surface area contributed by atoms with Crippen LogP contribution in [0.3, 0.4) is 0 Å². The minimum absolute atomic E-state index is 0.0847. The van der Waals surface area contributed by atoms with Crippen LogP contribution in [0.1, 0.15) is 22.0 Å². The number of benzene rings is 2. The quantitative estimate of drug-likeness (QED) is 0.337. The lowest BCUT2D eigenvalue weighted by Crippen LogP contribution is -2.48. The summed E-state index contributed by atoms with van der Waals surface area (Å²) in [5.41, 5.74) is 3.50. The molecule has 13 heteroatoms. The Balaban J connectivity index is 1.27. The smallest absolute Gasteiger partial charge is 0.343 e. The van der Waals surface area contributed by atoms with Crippen molar-refractivity contribution in [3.63, 3.8) is 0 Å². The van der Waals surface area contributed by atoms with Gasteiger partial charge in [0.15, 0.2) is 0 Å². The number of nitrogens with zero attached hydrogens (tertiary/aromatic N) is 6. The maximum atomic E-state index is 13.4. The highest BCUT2D eigenvalue weighted by Crippen LogP contribution is 2.37. The SMILES string of the molecule is CN1C(=O)[C@@H](NC(=O)c2n[nH]c(Cc3ccccc3)n2)Cn2cc(-c3cnn(CC(F)(F)F)c3)c3cccc1c32. The molecule has 0 unspecified atom stereocenters. The number of alkyl halides is 3. The molecule has 0 bridgehead atoms. The second-order valence-corrected chi connectivity index (χ2v) is 9.60. The molecule has 5 aromatic rings. The van der Waals surface area contributed by atoms with Crippen LogP contribution < -0.4 is 10.2 Å². The van der Waals surface area contributed by atoms with Crippen molar-refractivity contribution in [3.8, 4) is 11.1 Å². The molecule has 2 N–H and O–H groups in total. The molecule has 0 fully saturated rings. The first-order valence-electron chi connectivity index (χ1n) is 12.4. The zero-order valence-corrected chi connectivity index (χ0v) is 21.2. The van der Waals surface area contributed by atoms with Crippen molar-refractivity contribution in [2.24, 2.45) is 0 Å². The molecular formula is C27H23F3N8O2. The van der Waals surface area contributed by atoms with Crippen LogP contribution in [0, 0.1) is 0 Å². The first kappa shape index (κ1) is 25.3. The van der Waals surface area contributed by atoms with E-state index in [-0.39, 0.29) is 18.3 Å². The fourth-order valence-corrected chi connectivity index (χ4v) is 4.98. The van der Waals surface area contributed by atoms with Crippen molar-refractivity contribution < 1.29 is 22.8 Å². The number of aromatic nitrogens is 6. The molecule has 1 aliphatic rings. The standard InChI is InChI=1S/C27H23F3N8O2/c1-36-21-9-5-8-18-19(17-11-31-38(12-17)15-27(28,29)30)13-37(23(18)21)14-20(26(36)40)32-25(39)24-33-22(34-35-24)10-16-6-3-2-4-7-16/h2-9,11-13,20H,10,14-15H2,1H3,(H,32,39)(H,33,34,35)/t20-/m0/s1. The topological polar surface area (TPSA) is 114 Å². The number of hydrogen-bond donors (Lipinski definition) is 2. The Bertz CT molecular complexity index is 1720. The fraction of sp³-hybridized carbons (Fsp3) is 0.222. The predicted molar refractivity (Wildman–Crippen MR) is 140 cm³/mol. The summed E-state index contributed by atoms with van der Waals surface area (Å²) in [7, 11) is 1.62. The molecule has 0 saturated carbocycles. The van der Waals surface area contributed by atoms with Gasteiger partial charge in [0, 0.05) is 42.4 Å². The number of aromatic amines is 1. The predicted octanol–water partition coefficient (Wildman–Crippen LogP) is 3.55. The summed E-state index contributed by atoms with van der Waals surface area (Å²) in [6, 6.07) is 14.0. The van der Waals surface area contributed by atoms with E-state index in [0.29, 0.717) is 29.1 Å². The third kappa shape index (κ3) is 4.81. The Kier molecular flexibility index (Phi) is 6.12. The molecule has 6 rings (SSSR count). The molecule has 0 aliphatic carbocycles. The summed E-state index contributed by atoms with van der Waals surface area (Å²) < 4.78 is 41.3. The van der Waals surface area contributed by atoms with Gasteiger partial charge in [-0.1, -0.05) is 42.5 Å². The number of amides is 2. The van der Waals surface area contributed by atoms with Gasteiger partial charge < -0.3 is 14.8 Å². The van der Waals surface area contributed by atoms with Gasteiger partial charge >= 0.3 is 6.18 Å². The van der Waals surface area contributed by atoms with Gasteiger partial charge in [-0.2, -0.15) is 18.3 Å². The molecular weight excluding hydrogens is 525 g/mol. The first-order valence-corrected chi connectivity index (χ1v) is 12.4. The normalized spacial score (nSPS) is 15.4.